The number of methoxy groups -OCH3 is 1. The van der Waals surface area contributed by atoms with E-state index in [2.05, 4.69) is 17.6 Å². The largest absolute Gasteiger partial charge is 0.495 e. The molecule has 0 aliphatic heterocycles. The number of amides is 2. The molecule has 0 aliphatic carbocycles. The Morgan fingerprint density at radius 1 is 1.42 bits per heavy atom. The molecule has 1 unspecified atom stereocenters. The van der Waals surface area contributed by atoms with Gasteiger partial charge in [-0.25, -0.2) is 4.79 Å². The van der Waals surface area contributed by atoms with Gasteiger partial charge in [0.1, 0.15) is 5.75 Å². The van der Waals surface area contributed by atoms with Gasteiger partial charge in [-0.2, -0.15) is 0 Å². The van der Waals surface area contributed by atoms with Crippen LogP contribution < -0.4 is 21.1 Å². The van der Waals surface area contributed by atoms with Gasteiger partial charge in [0.2, 0.25) is 0 Å². The Kier molecular flexibility index (Phi) is 6.74. The minimum Gasteiger partial charge on any atom is -0.495 e. The molecule has 0 heterocycles. The summed E-state index contributed by atoms with van der Waals surface area (Å²) >= 11 is 0. The maximum absolute atomic E-state index is 11.7. The predicted molar refractivity (Wildman–Crippen MR) is 77.5 cm³/mol. The normalized spacial score (nSPS) is 11.7. The summed E-state index contributed by atoms with van der Waals surface area (Å²) in [5.74, 6) is 1.15. The summed E-state index contributed by atoms with van der Waals surface area (Å²) in [6.07, 6.45) is 1.95. The molecule has 0 radical (unpaired) electrons. The van der Waals surface area contributed by atoms with Crippen LogP contribution in [0.25, 0.3) is 0 Å². The molecule has 1 rings (SSSR count). The first-order chi connectivity index (χ1) is 9.17. The standard InChI is InChI=1S/C14H23N3O2/c1-11(10-15)6-5-9-16-14(18)17-12-7-3-4-8-13(12)19-2/h3-4,7-8,11H,5-6,9-10,15H2,1-2H3,(H2,16,17,18). The number of hydrogen-bond acceptors (Lipinski definition) is 3. The smallest absolute Gasteiger partial charge is 0.319 e. The Balaban J connectivity index is 2.31. The molecule has 0 aromatic heterocycles. The third kappa shape index (κ3) is 5.61. The quantitative estimate of drug-likeness (QED) is 0.661. The molecule has 0 saturated heterocycles. The van der Waals surface area contributed by atoms with Crippen LogP contribution in [0.3, 0.4) is 0 Å². The Morgan fingerprint density at radius 2 is 2.16 bits per heavy atom. The van der Waals surface area contributed by atoms with E-state index in [0.717, 1.165) is 12.8 Å². The monoisotopic (exact) mass is 265 g/mol. The molecular weight excluding hydrogens is 242 g/mol. The van der Waals surface area contributed by atoms with E-state index in [4.69, 9.17) is 10.5 Å². The van der Waals surface area contributed by atoms with Gasteiger partial charge in [-0.15, -0.1) is 0 Å². The molecule has 19 heavy (non-hydrogen) atoms. The van der Waals surface area contributed by atoms with Gasteiger partial charge in [-0.3, -0.25) is 0 Å². The van der Waals surface area contributed by atoms with Gasteiger partial charge in [-0.05, 0) is 37.4 Å². The fourth-order valence-corrected chi connectivity index (χ4v) is 1.68. The van der Waals surface area contributed by atoms with E-state index in [1.807, 2.05) is 12.1 Å². The van der Waals surface area contributed by atoms with Crippen LogP contribution in [0.5, 0.6) is 5.75 Å². The molecule has 2 amide bonds. The van der Waals surface area contributed by atoms with Crippen molar-refractivity contribution >= 4 is 11.7 Å². The number of nitrogens with one attached hydrogen (secondary N) is 2. The molecule has 1 atom stereocenters. The van der Waals surface area contributed by atoms with Crippen molar-refractivity contribution in [2.75, 3.05) is 25.5 Å². The highest BCUT2D eigenvalue weighted by molar-refractivity contribution is 5.90. The summed E-state index contributed by atoms with van der Waals surface area (Å²) in [5, 5.41) is 5.58. The first kappa shape index (κ1) is 15.3. The van der Waals surface area contributed by atoms with Crippen LogP contribution in [0, 0.1) is 5.92 Å². The average Bonchev–Trinajstić information content (AvgIpc) is 2.43. The van der Waals surface area contributed by atoms with E-state index < -0.39 is 0 Å². The maximum atomic E-state index is 11.7. The van der Waals surface area contributed by atoms with Gasteiger partial charge in [0.15, 0.2) is 0 Å². The predicted octanol–water partition coefficient (Wildman–Crippen LogP) is 2.19. The topological polar surface area (TPSA) is 76.4 Å². The Labute approximate surface area is 114 Å². The molecule has 5 heteroatoms. The van der Waals surface area contributed by atoms with Crippen molar-refractivity contribution in [2.45, 2.75) is 19.8 Å². The number of nitrogens with two attached hydrogens (primary N) is 1. The minimum atomic E-state index is -0.218. The van der Waals surface area contributed by atoms with E-state index in [1.54, 1.807) is 19.2 Å². The Bertz CT molecular complexity index is 396. The second kappa shape index (κ2) is 8.37. The van der Waals surface area contributed by atoms with E-state index >= 15 is 0 Å². The minimum absolute atomic E-state index is 0.218. The summed E-state index contributed by atoms with van der Waals surface area (Å²) in [5.41, 5.74) is 6.20. The number of para-hydroxylation sites is 2. The number of hydrogen-bond donors (Lipinski definition) is 3. The van der Waals surface area contributed by atoms with Crippen LogP contribution in [0.1, 0.15) is 19.8 Å². The van der Waals surface area contributed by atoms with Crippen LogP contribution in [0.4, 0.5) is 10.5 Å². The number of urea groups is 1. The molecule has 0 saturated carbocycles. The molecule has 0 spiro atoms. The Hall–Kier alpha value is -1.75. The van der Waals surface area contributed by atoms with Gasteiger partial charge in [0.25, 0.3) is 0 Å². The summed E-state index contributed by atoms with van der Waals surface area (Å²) < 4.78 is 5.16. The van der Waals surface area contributed by atoms with Crippen LogP contribution >= 0.6 is 0 Å². The fraction of sp³-hybridized carbons (Fsp3) is 0.500. The third-order valence-electron chi connectivity index (χ3n) is 2.92. The van der Waals surface area contributed by atoms with Crippen molar-refractivity contribution in [3.05, 3.63) is 24.3 Å². The van der Waals surface area contributed by atoms with E-state index in [0.29, 0.717) is 30.4 Å². The fourth-order valence-electron chi connectivity index (χ4n) is 1.68. The second-order valence-corrected chi connectivity index (χ2v) is 4.56. The van der Waals surface area contributed by atoms with E-state index in [1.165, 1.54) is 0 Å². The SMILES string of the molecule is COc1ccccc1NC(=O)NCCCC(C)CN. The zero-order valence-corrected chi connectivity index (χ0v) is 11.6. The lowest BCUT2D eigenvalue weighted by molar-refractivity contribution is 0.251. The first-order valence-corrected chi connectivity index (χ1v) is 6.55. The number of carbonyl (C=O) groups excluding carboxylic acids is 1. The molecule has 0 aliphatic rings. The van der Waals surface area contributed by atoms with Gasteiger partial charge in [-0.1, -0.05) is 19.1 Å². The first-order valence-electron chi connectivity index (χ1n) is 6.55. The van der Waals surface area contributed by atoms with Crippen LogP contribution in [0.2, 0.25) is 0 Å². The zero-order valence-electron chi connectivity index (χ0n) is 11.6. The summed E-state index contributed by atoms with van der Waals surface area (Å²) in [6, 6.07) is 7.09. The molecule has 5 nitrogen and oxygen atoms in total. The number of carbonyl (C=O) groups is 1. The highest BCUT2D eigenvalue weighted by Gasteiger charge is 2.06. The van der Waals surface area contributed by atoms with Gasteiger partial charge in [0.05, 0.1) is 12.8 Å². The highest BCUT2D eigenvalue weighted by Crippen LogP contribution is 2.22. The second-order valence-electron chi connectivity index (χ2n) is 4.56. The number of ether oxygens (including phenoxy) is 1. The number of anilines is 1. The van der Waals surface area contributed by atoms with Crippen molar-refractivity contribution in [2.24, 2.45) is 11.7 Å². The highest BCUT2D eigenvalue weighted by atomic mass is 16.5. The van der Waals surface area contributed by atoms with Gasteiger partial charge in [0, 0.05) is 6.54 Å². The van der Waals surface area contributed by atoms with Crippen LogP contribution in [-0.2, 0) is 0 Å². The third-order valence-corrected chi connectivity index (χ3v) is 2.92. The molecular formula is C14H23N3O2. The van der Waals surface area contributed by atoms with Crippen molar-refractivity contribution in [3.63, 3.8) is 0 Å². The van der Waals surface area contributed by atoms with Crippen LogP contribution in [0.15, 0.2) is 24.3 Å². The van der Waals surface area contributed by atoms with Gasteiger partial charge < -0.3 is 21.1 Å². The molecule has 1 aromatic carbocycles. The van der Waals surface area contributed by atoms with E-state index in [-0.39, 0.29) is 6.03 Å². The molecule has 0 bridgehead atoms. The number of rotatable bonds is 7. The summed E-state index contributed by atoms with van der Waals surface area (Å²) in [7, 11) is 1.58. The molecule has 106 valence electrons. The maximum Gasteiger partial charge on any atom is 0.319 e. The van der Waals surface area contributed by atoms with Crippen molar-refractivity contribution in [3.8, 4) is 5.75 Å². The van der Waals surface area contributed by atoms with Crippen molar-refractivity contribution in [1.29, 1.82) is 0 Å². The average molecular weight is 265 g/mol. The van der Waals surface area contributed by atoms with Crippen molar-refractivity contribution < 1.29 is 9.53 Å². The Morgan fingerprint density at radius 3 is 2.84 bits per heavy atom. The summed E-state index contributed by atoms with van der Waals surface area (Å²) in [6.45, 7) is 3.44. The lowest BCUT2D eigenvalue weighted by atomic mass is 10.1. The summed E-state index contributed by atoms with van der Waals surface area (Å²) in [4.78, 5) is 11.7. The van der Waals surface area contributed by atoms with Crippen LogP contribution in [-0.4, -0.2) is 26.2 Å². The van der Waals surface area contributed by atoms with Crippen molar-refractivity contribution in [1.82, 2.24) is 5.32 Å². The molecule has 4 N–H and O–H groups in total. The zero-order chi connectivity index (χ0) is 14.1. The van der Waals surface area contributed by atoms with E-state index in [9.17, 15) is 4.79 Å². The lowest BCUT2D eigenvalue weighted by Gasteiger charge is -2.11. The lowest BCUT2D eigenvalue weighted by Crippen LogP contribution is -2.30. The van der Waals surface area contributed by atoms with Gasteiger partial charge >= 0.3 is 6.03 Å². The molecule has 0 fully saturated rings. The number of benzene rings is 1. The molecule has 1 aromatic rings.